The molecule has 0 saturated carbocycles. The summed E-state index contributed by atoms with van der Waals surface area (Å²) >= 11 is 0. The lowest BCUT2D eigenvalue weighted by molar-refractivity contribution is 0.0941. The third-order valence-corrected chi connectivity index (χ3v) is 3.54. The van der Waals surface area contributed by atoms with Crippen molar-refractivity contribution in [3.8, 4) is 0 Å². The number of hydrogen-bond acceptors (Lipinski definition) is 4. The van der Waals surface area contributed by atoms with E-state index in [4.69, 9.17) is 4.52 Å². The van der Waals surface area contributed by atoms with Crippen molar-refractivity contribution < 1.29 is 9.32 Å². The topological polar surface area (TPSA) is 58.4 Å². The number of likely N-dealkylation sites (tertiary alicyclic amines) is 1. The molecule has 2 rings (SSSR count). The summed E-state index contributed by atoms with van der Waals surface area (Å²) < 4.78 is 4.88. The van der Waals surface area contributed by atoms with Crippen LogP contribution in [0.4, 0.5) is 0 Å². The smallest absolute Gasteiger partial charge is 0.273 e. The van der Waals surface area contributed by atoms with E-state index in [-0.39, 0.29) is 5.91 Å². The van der Waals surface area contributed by atoms with Crippen molar-refractivity contribution in [2.24, 2.45) is 5.92 Å². The molecule has 1 atom stereocenters. The van der Waals surface area contributed by atoms with Crippen molar-refractivity contribution in [2.75, 3.05) is 26.2 Å². The molecule has 0 radical (unpaired) electrons. The predicted octanol–water partition coefficient (Wildman–Crippen LogP) is 1.83. The van der Waals surface area contributed by atoms with Gasteiger partial charge in [0.05, 0.1) is 0 Å². The van der Waals surface area contributed by atoms with Crippen molar-refractivity contribution >= 4 is 5.91 Å². The maximum absolute atomic E-state index is 11.7. The number of aromatic nitrogens is 1. The van der Waals surface area contributed by atoms with Crippen LogP contribution >= 0.6 is 0 Å². The minimum Gasteiger partial charge on any atom is -0.361 e. The molecule has 0 bridgehead atoms. The van der Waals surface area contributed by atoms with Gasteiger partial charge in [-0.25, -0.2) is 0 Å². The van der Waals surface area contributed by atoms with Gasteiger partial charge in [-0.2, -0.15) is 0 Å². The molecule has 1 aliphatic heterocycles. The Bertz CT molecular complexity index is 417. The molecule has 1 aromatic rings. The zero-order valence-corrected chi connectivity index (χ0v) is 11.8. The average molecular weight is 265 g/mol. The van der Waals surface area contributed by atoms with E-state index in [2.05, 4.69) is 22.3 Å². The molecule has 0 aliphatic carbocycles. The molecule has 1 saturated heterocycles. The highest BCUT2D eigenvalue weighted by molar-refractivity contribution is 5.92. The largest absolute Gasteiger partial charge is 0.361 e. The van der Waals surface area contributed by atoms with Crippen LogP contribution in [0.15, 0.2) is 10.6 Å². The summed E-state index contributed by atoms with van der Waals surface area (Å²) in [5.41, 5.74) is 0.365. The fraction of sp³-hybridized carbons (Fsp3) is 0.714. The molecule has 1 N–H and O–H groups in total. The number of aryl methyl sites for hydroxylation is 1. The van der Waals surface area contributed by atoms with Crippen molar-refractivity contribution in [3.05, 3.63) is 17.5 Å². The van der Waals surface area contributed by atoms with Crippen molar-refractivity contribution in [1.29, 1.82) is 0 Å². The van der Waals surface area contributed by atoms with Crippen LogP contribution in [0.5, 0.6) is 0 Å². The van der Waals surface area contributed by atoms with Gasteiger partial charge in [0, 0.05) is 19.2 Å². The van der Waals surface area contributed by atoms with E-state index in [1.807, 2.05) is 0 Å². The molecule has 1 aromatic heterocycles. The van der Waals surface area contributed by atoms with Gasteiger partial charge in [-0.3, -0.25) is 4.79 Å². The second-order valence-electron chi connectivity index (χ2n) is 5.48. The van der Waals surface area contributed by atoms with Crippen molar-refractivity contribution in [3.63, 3.8) is 0 Å². The Labute approximate surface area is 114 Å². The Morgan fingerprint density at radius 1 is 1.63 bits per heavy atom. The van der Waals surface area contributed by atoms with Crippen LogP contribution in [0.3, 0.4) is 0 Å². The van der Waals surface area contributed by atoms with Crippen LogP contribution < -0.4 is 5.32 Å². The maximum Gasteiger partial charge on any atom is 0.273 e. The molecule has 1 amide bonds. The summed E-state index contributed by atoms with van der Waals surface area (Å²) in [5, 5.41) is 6.57. The second kappa shape index (κ2) is 6.70. The highest BCUT2D eigenvalue weighted by Crippen LogP contribution is 2.15. The Morgan fingerprint density at radius 3 is 3.16 bits per heavy atom. The number of hydrogen-bond donors (Lipinski definition) is 1. The van der Waals surface area contributed by atoms with Gasteiger partial charge < -0.3 is 14.7 Å². The number of nitrogens with one attached hydrogen (secondary N) is 1. The first-order valence-electron chi connectivity index (χ1n) is 7.09. The van der Waals surface area contributed by atoms with Gasteiger partial charge in [-0.1, -0.05) is 12.1 Å². The fourth-order valence-corrected chi connectivity index (χ4v) is 2.56. The molecule has 19 heavy (non-hydrogen) atoms. The second-order valence-corrected chi connectivity index (χ2v) is 5.48. The quantitative estimate of drug-likeness (QED) is 0.825. The molecule has 0 unspecified atom stereocenters. The van der Waals surface area contributed by atoms with Crippen LogP contribution in [0.1, 0.15) is 42.4 Å². The lowest BCUT2D eigenvalue weighted by Gasteiger charge is -2.30. The molecule has 5 heteroatoms. The van der Waals surface area contributed by atoms with Gasteiger partial charge in [-0.05, 0) is 45.2 Å². The molecule has 106 valence electrons. The van der Waals surface area contributed by atoms with Gasteiger partial charge in [0.1, 0.15) is 5.76 Å². The first-order valence-corrected chi connectivity index (χ1v) is 7.09. The average Bonchev–Trinajstić information content (AvgIpc) is 2.81. The van der Waals surface area contributed by atoms with Crippen LogP contribution in [-0.4, -0.2) is 42.1 Å². The van der Waals surface area contributed by atoms with Crippen LogP contribution in [0, 0.1) is 12.8 Å². The first-order chi connectivity index (χ1) is 9.15. The fourth-order valence-electron chi connectivity index (χ4n) is 2.56. The Balaban J connectivity index is 1.62. The third-order valence-electron chi connectivity index (χ3n) is 3.54. The zero-order chi connectivity index (χ0) is 13.7. The van der Waals surface area contributed by atoms with Crippen LogP contribution in [0.25, 0.3) is 0 Å². The molecule has 1 aliphatic rings. The van der Waals surface area contributed by atoms with Gasteiger partial charge >= 0.3 is 0 Å². The van der Waals surface area contributed by atoms with Gasteiger partial charge in [0.15, 0.2) is 5.69 Å². The third kappa shape index (κ3) is 4.35. The molecule has 2 heterocycles. The normalized spacial score (nSPS) is 20.4. The zero-order valence-electron chi connectivity index (χ0n) is 11.8. The number of carbonyl (C=O) groups excluding carboxylic acids is 1. The number of piperidine rings is 1. The van der Waals surface area contributed by atoms with Gasteiger partial charge in [-0.15, -0.1) is 0 Å². The lowest BCUT2D eigenvalue weighted by Crippen LogP contribution is -2.36. The van der Waals surface area contributed by atoms with E-state index in [1.165, 1.54) is 25.9 Å². The molecule has 0 spiro atoms. The van der Waals surface area contributed by atoms with E-state index in [0.717, 1.165) is 18.9 Å². The summed E-state index contributed by atoms with van der Waals surface area (Å²) in [4.78, 5) is 14.2. The Hall–Kier alpha value is -1.36. The van der Waals surface area contributed by atoms with Crippen molar-refractivity contribution in [1.82, 2.24) is 15.4 Å². The van der Waals surface area contributed by atoms with E-state index in [0.29, 0.717) is 18.0 Å². The standard InChI is InChI=1S/C14H23N3O2/c1-11-5-3-7-17(10-11)8-4-6-15-14(18)13-9-12(2)19-16-13/h9,11H,3-8,10H2,1-2H3,(H,15,18)/t11-/m0/s1. The number of rotatable bonds is 5. The van der Waals surface area contributed by atoms with Gasteiger partial charge in [0.2, 0.25) is 0 Å². The minimum atomic E-state index is -0.149. The SMILES string of the molecule is Cc1cc(C(=O)NCCCN2CCC[C@H](C)C2)no1. The summed E-state index contributed by atoms with van der Waals surface area (Å²) in [6.07, 6.45) is 3.62. The predicted molar refractivity (Wildman–Crippen MR) is 73.0 cm³/mol. The molecule has 1 fully saturated rings. The van der Waals surface area contributed by atoms with E-state index >= 15 is 0 Å². The number of carbonyl (C=O) groups is 1. The Morgan fingerprint density at radius 2 is 2.47 bits per heavy atom. The maximum atomic E-state index is 11.7. The summed E-state index contributed by atoms with van der Waals surface area (Å²) in [7, 11) is 0. The van der Waals surface area contributed by atoms with E-state index < -0.39 is 0 Å². The lowest BCUT2D eigenvalue weighted by atomic mass is 10.0. The molecule has 5 nitrogen and oxygen atoms in total. The molecular formula is C14H23N3O2. The van der Waals surface area contributed by atoms with Crippen LogP contribution in [0.2, 0.25) is 0 Å². The molecule has 0 aromatic carbocycles. The van der Waals surface area contributed by atoms with E-state index in [9.17, 15) is 4.79 Å². The van der Waals surface area contributed by atoms with Crippen LogP contribution in [-0.2, 0) is 0 Å². The Kier molecular flexibility index (Phi) is 4.96. The minimum absolute atomic E-state index is 0.149. The highest BCUT2D eigenvalue weighted by atomic mass is 16.5. The first kappa shape index (κ1) is 14.1. The highest BCUT2D eigenvalue weighted by Gasteiger charge is 2.15. The summed E-state index contributed by atoms with van der Waals surface area (Å²) in [6.45, 7) is 8.22. The molecular weight excluding hydrogens is 242 g/mol. The van der Waals surface area contributed by atoms with Gasteiger partial charge in [0.25, 0.3) is 5.91 Å². The number of amides is 1. The van der Waals surface area contributed by atoms with Crippen molar-refractivity contribution in [2.45, 2.75) is 33.1 Å². The van der Waals surface area contributed by atoms with E-state index in [1.54, 1.807) is 13.0 Å². The summed E-state index contributed by atoms with van der Waals surface area (Å²) in [6, 6.07) is 1.65. The number of nitrogens with zero attached hydrogens (tertiary/aromatic N) is 2. The monoisotopic (exact) mass is 265 g/mol. The summed E-state index contributed by atoms with van der Waals surface area (Å²) in [5.74, 6) is 1.32.